The van der Waals surface area contributed by atoms with Crippen LogP contribution in [0, 0.1) is 5.82 Å². The van der Waals surface area contributed by atoms with Crippen LogP contribution in [0.1, 0.15) is 24.0 Å². The van der Waals surface area contributed by atoms with Crippen molar-refractivity contribution in [3.05, 3.63) is 72.2 Å². The lowest BCUT2D eigenvalue weighted by Crippen LogP contribution is -2.42. The van der Waals surface area contributed by atoms with Gasteiger partial charge >= 0.3 is 0 Å². The highest BCUT2D eigenvalue weighted by molar-refractivity contribution is 5.32. The number of nitrogens with zero attached hydrogens (tertiary/aromatic N) is 5. The first kappa shape index (κ1) is 17.8. The van der Waals surface area contributed by atoms with Gasteiger partial charge in [-0.3, -0.25) is 4.90 Å². The quantitative estimate of drug-likeness (QED) is 0.727. The summed E-state index contributed by atoms with van der Waals surface area (Å²) < 4.78 is 15.0. The number of hydrogen-bond acceptors (Lipinski definition) is 5. The van der Waals surface area contributed by atoms with E-state index in [-0.39, 0.29) is 5.82 Å². The van der Waals surface area contributed by atoms with Crippen molar-refractivity contribution >= 4 is 0 Å². The van der Waals surface area contributed by atoms with E-state index in [9.17, 15) is 4.39 Å². The number of piperidine rings is 1. The molecule has 0 amide bonds. The molecule has 0 spiro atoms. The third-order valence-corrected chi connectivity index (χ3v) is 4.97. The first-order valence-electron chi connectivity index (χ1n) is 9.27. The summed E-state index contributed by atoms with van der Waals surface area (Å²) in [6, 6.07) is 11.4. The Morgan fingerprint density at radius 2 is 2.04 bits per heavy atom. The van der Waals surface area contributed by atoms with Crippen LogP contribution in [0.5, 0.6) is 0 Å². The predicted molar refractivity (Wildman–Crippen MR) is 101 cm³/mol. The third kappa shape index (κ3) is 4.56. The topological polar surface area (TPSA) is 58.9 Å². The molecular formula is C20H23FN6. The van der Waals surface area contributed by atoms with Gasteiger partial charge in [-0.1, -0.05) is 18.2 Å². The van der Waals surface area contributed by atoms with Crippen molar-refractivity contribution in [2.45, 2.75) is 32.0 Å². The summed E-state index contributed by atoms with van der Waals surface area (Å²) in [7, 11) is 0. The Morgan fingerprint density at radius 1 is 1.15 bits per heavy atom. The van der Waals surface area contributed by atoms with Gasteiger partial charge in [-0.15, -0.1) is 0 Å². The van der Waals surface area contributed by atoms with Crippen LogP contribution in [0.4, 0.5) is 4.39 Å². The van der Waals surface area contributed by atoms with Gasteiger partial charge in [0.1, 0.15) is 18.5 Å². The van der Waals surface area contributed by atoms with E-state index in [4.69, 9.17) is 0 Å². The Bertz CT molecular complexity index is 858. The van der Waals surface area contributed by atoms with Gasteiger partial charge in [0, 0.05) is 30.9 Å². The number of pyridine rings is 1. The van der Waals surface area contributed by atoms with E-state index in [2.05, 4.69) is 31.3 Å². The number of halogens is 1. The van der Waals surface area contributed by atoms with E-state index in [1.54, 1.807) is 29.3 Å². The summed E-state index contributed by atoms with van der Waals surface area (Å²) >= 11 is 0. The van der Waals surface area contributed by atoms with Gasteiger partial charge in [0.05, 0.1) is 0 Å². The largest absolute Gasteiger partial charge is 0.310 e. The minimum Gasteiger partial charge on any atom is -0.310 e. The molecule has 4 rings (SSSR count). The lowest BCUT2D eigenvalue weighted by atomic mass is 10.0. The summed E-state index contributed by atoms with van der Waals surface area (Å²) in [4.78, 5) is 10.8. The molecule has 1 aliphatic rings. The molecule has 140 valence electrons. The van der Waals surface area contributed by atoms with Crippen LogP contribution in [-0.2, 0) is 13.1 Å². The minimum atomic E-state index is -0.163. The molecule has 27 heavy (non-hydrogen) atoms. The first-order valence-corrected chi connectivity index (χ1v) is 9.27. The first-order chi connectivity index (χ1) is 13.3. The van der Waals surface area contributed by atoms with Gasteiger partial charge in [-0.25, -0.2) is 19.0 Å². The van der Waals surface area contributed by atoms with Crippen LogP contribution in [-0.4, -0.2) is 43.8 Å². The Kier molecular flexibility index (Phi) is 5.50. The molecule has 1 aliphatic heterocycles. The zero-order chi connectivity index (χ0) is 18.5. The maximum atomic E-state index is 13.3. The second kappa shape index (κ2) is 8.37. The molecule has 0 aliphatic carbocycles. The minimum absolute atomic E-state index is 0.163. The predicted octanol–water partition coefficient (Wildman–Crippen LogP) is 2.56. The van der Waals surface area contributed by atoms with Gasteiger partial charge in [0.25, 0.3) is 0 Å². The molecule has 0 bridgehead atoms. The van der Waals surface area contributed by atoms with Crippen LogP contribution >= 0.6 is 0 Å². The van der Waals surface area contributed by atoms with Crippen LogP contribution in [0.25, 0.3) is 5.82 Å². The Balaban J connectivity index is 1.29. The fourth-order valence-electron chi connectivity index (χ4n) is 3.54. The number of nitrogens with one attached hydrogen (secondary N) is 1. The molecule has 1 fully saturated rings. The highest BCUT2D eigenvalue weighted by Crippen LogP contribution is 2.16. The number of rotatable bonds is 6. The fourth-order valence-corrected chi connectivity index (χ4v) is 3.54. The molecular weight excluding hydrogens is 343 g/mol. The molecule has 3 heterocycles. The average molecular weight is 366 g/mol. The molecule has 0 radical (unpaired) electrons. The van der Waals surface area contributed by atoms with Gasteiger partial charge in [-0.2, -0.15) is 5.10 Å². The SMILES string of the molecule is Fc1cccc(CN2CCC(NCc3cccnc3-n3cncn3)CC2)c1. The van der Waals surface area contributed by atoms with Gasteiger partial charge < -0.3 is 5.32 Å². The zero-order valence-corrected chi connectivity index (χ0v) is 15.1. The maximum Gasteiger partial charge on any atom is 0.159 e. The zero-order valence-electron chi connectivity index (χ0n) is 15.1. The van der Waals surface area contributed by atoms with Crippen molar-refractivity contribution in [1.29, 1.82) is 0 Å². The summed E-state index contributed by atoms with van der Waals surface area (Å²) in [6.45, 7) is 3.58. The standard InChI is InChI=1S/C20H23FN6/c21-18-5-1-3-16(11-18)13-26-9-6-19(7-10-26)24-12-17-4-2-8-23-20(17)27-15-22-14-25-27/h1-5,8,11,14-15,19,24H,6-7,9-10,12-13H2. The van der Waals surface area contributed by atoms with Crippen LogP contribution in [0.3, 0.4) is 0 Å². The smallest absolute Gasteiger partial charge is 0.159 e. The molecule has 0 saturated carbocycles. The summed E-state index contributed by atoms with van der Waals surface area (Å²) in [5.74, 6) is 0.648. The molecule has 1 saturated heterocycles. The van der Waals surface area contributed by atoms with Crippen molar-refractivity contribution < 1.29 is 4.39 Å². The number of hydrogen-bond donors (Lipinski definition) is 1. The molecule has 3 aromatic rings. The highest BCUT2D eigenvalue weighted by atomic mass is 19.1. The number of benzene rings is 1. The monoisotopic (exact) mass is 366 g/mol. The Morgan fingerprint density at radius 3 is 2.81 bits per heavy atom. The van der Waals surface area contributed by atoms with E-state index in [0.29, 0.717) is 6.04 Å². The lowest BCUT2D eigenvalue weighted by Gasteiger charge is -2.32. The Hall–Kier alpha value is -2.64. The van der Waals surface area contributed by atoms with Crippen LogP contribution in [0.15, 0.2) is 55.2 Å². The van der Waals surface area contributed by atoms with Crippen molar-refractivity contribution in [3.63, 3.8) is 0 Å². The van der Waals surface area contributed by atoms with Gasteiger partial charge in [0.15, 0.2) is 5.82 Å². The number of likely N-dealkylation sites (tertiary alicyclic amines) is 1. The van der Waals surface area contributed by atoms with Gasteiger partial charge in [0.2, 0.25) is 0 Å². The summed E-state index contributed by atoms with van der Waals surface area (Å²) in [6.07, 6.45) is 7.10. The molecule has 0 atom stereocenters. The third-order valence-electron chi connectivity index (χ3n) is 4.97. The lowest BCUT2D eigenvalue weighted by molar-refractivity contribution is 0.190. The van der Waals surface area contributed by atoms with E-state index in [1.807, 2.05) is 12.1 Å². The van der Waals surface area contributed by atoms with Crippen molar-refractivity contribution in [3.8, 4) is 5.82 Å². The molecule has 1 N–H and O–H groups in total. The maximum absolute atomic E-state index is 13.3. The molecule has 2 aromatic heterocycles. The van der Waals surface area contributed by atoms with Gasteiger partial charge in [-0.05, 0) is 49.7 Å². The van der Waals surface area contributed by atoms with E-state index in [0.717, 1.165) is 56.0 Å². The normalized spacial score (nSPS) is 15.9. The molecule has 0 unspecified atom stereocenters. The molecule has 1 aromatic carbocycles. The Labute approximate surface area is 158 Å². The fraction of sp³-hybridized carbons (Fsp3) is 0.350. The van der Waals surface area contributed by atoms with E-state index in [1.165, 1.54) is 12.4 Å². The van der Waals surface area contributed by atoms with Crippen molar-refractivity contribution in [1.82, 2.24) is 30.0 Å². The van der Waals surface area contributed by atoms with Crippen molar-refractivity contribution in [2.24, 2.45) is 0 Å². The second-order valence-electron chi connectivity index (χ2n) is 6.89. The summed E-state index contributed by atoms with van der Waals surface area (Å²) in [5, 5.41) is 7.83. The van der Waals surface area contributed by atoms with Crippen LogP contribution < -0.4 is 5.32 Å². The van der Waals surface area contributed by atoms with E-state index >= 15 is 0 Å². The highest BCUT2D eigenvalue weighted by Gasteiger charge is 2.19. The van der Waals surface area contributed by atoms with Crippen molar-refractivity contribution in [2.75, 3.05) is 13.1 Å². The summed E-state index contributed by atoms with van der Waals surface area (Å²) in [5.41, 5.74) is 2.14. The average Bonchev–Trinajstić information content (AvgIpc) is 3.22. The number of aromatic nitrogens is 4. The molecule has 6 nitrogen and oxygen atoms in total. The second-order valence-corrected chi connectivity index (χ2v) is 6.89. The molecule has 7 heteroatoms. The van der Waals surface area contributed by atoms with Crippen LogP contribution in [0.2, 0.25) is 0 Å². The van der Waals surface area contributed by atoms with E-state index < -0.39 is 0 Å².